The van der Waals surface area contributed by atoms with Gasteiger partial charge in [0, 0.05) is 40.4 Å². The van der Waals surface area contributed by atoms with Crippen molar-refractivity contribution < 1.29 is 9.53 Å². The largest absolute Gasteiger partial charge is 0.494 e. The van der Waals surface area contributed by atoms with Crippen molar-refractivity contribution in [3.05, 3.63) is 64.8 Å². The molecule has 7 nitrogen and oxygen atoms in total. The number of amides is 1. The lowest BCUT2D eigenvalue weighted by molar-refractivity contribution is -0.111. The first-order valence-corrected chi connectivity index (χ1v) is 10.3. The first kappa shape index (κ1) is 22.3. The molecule has 0 radical (unpaired) electrons. The molecule has 0 aliphatic carbocycles. The predicted molar refractivity (Wildman–Crippen MR) is 127 cm³/mol. The van der Waals surface area contributed by atoms with Crippen molar-refractivity contribution in [1.29, 1.82) is 5.26 Å². The third kappa shape index (κ3) is 5.60. The highest BCUT2D eigenvalue weighted by Crippen LogP contribution is 2.36. The summed E-state index contributed by atoms with van der Waals surface area (Å²) in [6, 6.07) is 13.3. The lowest BCUT2D eigenvalue weighted by atomic mass is 10.1. The van der Waals surface area contributed by atoms with Gasteiger partial charge < -0.3 is 20.3 Å². The first-order valence-electron chi connectivity index (χ1n) is 9.47. The van der Waals surface area contributed by atoms with E-state index in [2.05, 4.69) is 37.6 Å². The van der Waals surface area contributed by atoms with Crippen molar-refractivity contribution >= 4 is 49.8 Å². The summed E-state index contributed by atoms with van der Waals surface area (Å²) in [7, 11) is 5.38. The highest BCUT2D eigenvalue weighted by atomic mass is 79.9. The number of nitrogens with zero attached hydrogens (tertiary/aromatic N) is 3. The molecule has 3 rings (SSSR count). The van der Waals surface area contributed by atoms with Crippen LogP contribution in [0.25, 0.3) is 10.9 Å². The minimum atomic E-state index is -0.273. The van der Waals surface area contributed by atoms with Crippen LogP contribution in [0.2, 0.25) is 0 Å². The summed E-state index contributed by atoms with van der Waals surface area (Å²) in [5.74, 6) is 0.206. The van der Waals surface area contributed by atoms with Gasteiger partial charge in [-0.1, -0.05) is 28.1 Å². The highest BCUT2D eigenvalue weighted by Gasteiger charge is 2.15. The SMILES string of the molecule is COc1cc2ncc(C#N)c(Nc3cccc(Br)c3)c2cc1NC(=O)C=CCN(C)C. The Hall–Kier alpha value is -3.41. The number of halogens is 1. The lowest BCUT2D eigenvalue weighted by Gasteiger charge is -2.15. The molecule has 31 heavy (non-hydrogen) atoms. The van der Waals surface area contributed by atoms with Gasteiger partial charge in [-0.25, -0.2) is 0 Å². The molecule has 2 aromatic carbocycles. The van der Waals surface area contributed by atoms with Crippen LogP contribution in [-0.2, 0) is 4.79 Å². The number of aromatic nitrogens is 1. The topological polar surface area (TPSA) is 90.3 Å². The number of benzene rings is 2. The van der Waals surface area contributed by atoms with Gasteiger partial charge in [0.25, 0.3) is 0 Å². The second-order valence-electron chi connectivity index (χ2n) is 7.02. The molecule has 0 atom stereocenters. The smallest absolute Gasteiger partial charge is 0.248 e. The van der Waals surface area contributed by atoms with Crippen LogP contribution in [0.15, 0.2) is 59.2 Å². The Morgan fingerprint density at radius 2 is 2.13 bits per heavy atom. The molecule has 3 aromatic rings. The van der Waals surface area contributed by atoms with Crippen molar-refractivity contribution in [3.63, 3.8) is 0 Å². The van der Waals surface area contributed by atoms with Crippen molar-refractivity contribution in [2.75, 3.05) is 38.4 Å². The van der Waals surface area contributed by atoms with E-state index in [-0.39, 0.29) is 5.91 Å². The van der Waals surface area contributed by atoms with Gasteiger partial charge in [0.1, 0.15) is 11.8 Å². The second-order valence-corrected chi connectivity index (χ2v) is 7.93. The van der Waals surface area contributed by atoms with Gasteiger partial charge in [0.15, 0.2) is 0 Å². The molecule has 0 spiro atoms. The van der Waals surface area contributed by atoms with E-state index in [1.54, 1.807) is 18.2 Å². The number of likely N-dealkylation sites (N-methyl/N-ethyl adjacent to an activating group) is 1. The molecular formula is C23H22BrN5O2. The maximum atomic E-state index is 12.4. The van der Waals surface area contributed by atoms with Gasteiger partial charge in [-0.2, -0.15) is 5.26 Å². The summed E-state index contributed by atoms with van der Waals surface area (Å²) in [5.41, 5.74) is 2.93. The van der Waals surface area contributed by atoms with E-state index in [9.17, 15) is 10.1 Å². The Bertz CT molecular complexity index is 1180. The van der Waals surface area contributed by atoms with E-state index < -0.39 is 0 Å². The van der Waals surface area contributed by atoms with E-state index >= 15 is 0 Å². The minimum Gasteiger partial charge on any atom is -0.494 e. The lowest BCUT2D eigenvalue weighted by Crippen LogP contribution is -2.13. The number of nitrogens with one attached hydrogen (secondary N) is 2. The molecule has 1 amide bonds. The normalized spacial score (nSPS) is 11.0. The monoisotopic (exact) mass is 479 g/mol. The molecule has 158 valence electrons. The zero-order valence-electron chi connectivity index (χ0n) is 17.4. The Morgan fingerprint density at radius 3 is 2.81 bits per heavy atom. The summed E-state index contributed by atoms with van der Waals surface area (Å²) in [6.45, 7) is 0.651. The number of pyridine rings is 1. The Labute approximate surface area is 189 Å². The van der Waals surface area contributed by atoms with E-state index in [4.69, 9.17) is 4.74 Å². The standard InChI is InChI=1S/C23H22BrN5O2/c1-29(2)9-5-8-22(30)28-20-11-18-19(12-21(20)31-3)26-14-15(13-25)23(18)27-17-7-4-6-16(24)10-17/h4-8,10-12,14H,9H2,1-3H3,(H,26,27)(H,28,30). The maximum Gasteiger partial charge on any atom is 0.248 e. The van der Waals surface area contributed by atoms with Crippen molar-refractivity contribution in [2.45, 2.75) is 0 Å². The molecule has 0 fully saturated rings. The zero-order valence-corrected chi connectivity index (χ0v) is 19.0. The quantitative estimate of drug-likeness (QED) is 0.478. The van der Waals surface area contributed by atoms with Crippen LogP contribution in [0.3, 0.4) is 0 Å². The van der Waals surface area contributed by atoms with Gasteiger partial charge in [-0.05, 0) is 38.4 Å². The highest BCUT2D eigenvalue weighted by molar-refractivity contribution is 9.10. The maximum absolute atomic E-state index is 12.4. The van der Waals surface area contributed by atoms with Crippen LogP contribution in [0.4, 0.5) is 17.1 Å². The molecule has 0 bridgehead atoms. The van der Waals surface area contributed by atoms with Crippen LogP contribution in [-0.4, -0.2) is 43.5 Å². The van der Waals surface area contributed by atoms with Gasteiger partial charge in [-0.15, -0.1) is 0 Å². The average molecular weight is 480 g/mol. The summed E-state index contributed by atoms with van der Waals surface area (Å²) in [5, 5.41) is 16.5. The molecule has 0 saturated heterocycles. The number of anilines is 3. The van der Waals surface area contributed by atoms with E-state index in [1.807, 2.05) is 43.3 Å². The summed E-state index contributed by atoms with van der Waals surface area (Å²) < 4.78 is 6.36. The molecule has 1 heterocycles. The van der Waals surface area contributed by atoms with Gasteiger partial charge in [0.05, 0.1) is 29.6 Å². The molecule has 0 aliphatic heterocycles. The Morgan fingerprint density at radius 1 is 1.32 bits per heavy atom. The molecule has 0 aliphatic rings. The molecule has 0 unspecified atom stereocenters. The van der Waals surface area contributed by atoms with Crippen LogP contribution in [0, 0.1) is 11.3 Å². The van der Waals surface area contributed by atoms with E-state index in [1.165, 1.54) is 19.4 Å². The first-order chi connectivity index (χ1) is 14.9. The van der Waals surface area contributed by atoms with Crippen LogP contribution < -0.4 is 15.4 Å². The Balaban J connectivity index is 2.05. The fourth-order valence-electron chi connectivity index (χ4n) is 2.96. The van der Waals surface area contributed by atoms with Crippen molar-refractivity contribution in [2.24, 2.45) is 0 Å². The molecule has 8 heteroatoms. The van der Waals surface area contributed by atoms with Gasteiger partial charge in [-0.3, -0.25) is 9.78 Å². The summed E-state index contributed by atoms with van der Waals surface area (Å²) in [6.07, 6.45) is 4.77. The fourth-order valence-corrected chi connectivity index (χ4v) is 3.36. The van der Waals surface area contributed by atoms with Crippen LogP contribution in [0.5, 0.6) is 5.75 Å². The zero-order chi connectivity index (χ0) is 22.4. The molecule has 1 aromatic heterocycles. The number of hydrogen-bond donors (Lipinski definition) is 2. The second kappa shape index (κ2) is 10.1. The summed E-state index contributed by atoms with van der Waals surface area (Å²) in [4.78, 5) is 18.7. The number of ether oxygens (including phenoxy) is 1. The van der Waals surface area contributed by atoms with E-state index in [0.717, 1.165) is 10.2 Å². The van der Waals surface area contributed by atoms with Crippen LogP contribution in [0.1, 0.15) is 5.56 Å². The van der Waals surface area contributed by atoms with Crippen LogP contribution >= 0.6 is 15.9 Å². The summed E-state index contributed by atoms with van der Waals surface area (Å²) >= 11 is 3.46. The third-order valence-electron chi connectivity index (χ3n) is 4.40. The number of carbonyl (C=O) groups is 1. The fraction of sp³-hybridized carbons (Fsp3) is 0.174. The number of rotatable bonds is 7. The van der Waals surface area contributed by atoms with Gasteiger partial charge in [0.2, 0.25) is 5.91 Å². The molecule has 2 N–H and O–H groups in total. The predicted octanol–water partition coefficient (Wildman–Crippen LogP) is 4.68. The van der Waals surface area contributed by atoms with Crippen molar-refractivity contribution in [1.82, 2.24) is 9.88 Å². The average Bonchev–Trinajstić information content (AvgIpc) is 2.73. The third-order valence-corrected chi connectivity index (χ3v) is 4.89. The Kier molecular flexibility index (Phi) is 7.23. The van der Waals surface area contributed by atoms with Gasteiger partial charge >= 0.3 is 0 Å². The number of hydrogen-bond acceptors (Lipinski definition) is 6. The molecular weight excluding hydrogens is 458 g/mol. The van der Waals surface area contributed by atoms with Crippen molar-refractivity contribution in [3.8, 4) is 11.8 Å². The molecule has 0 saturated carbocycles. The number of nitriles is 1. The van der Waals surface area contributed by atoms with E-state index in [0.29, 0.717) is 40.1 Å². The number of fused-ring (bicyclic) bond motifs is 1. The number of methoxy groups -OCH3 is 1. The number of carbonyl (C=O) groups excluding carboxylic acids is 1. The minimum absolute atomic E-state index is 0.273.